The zero-order valence-corrected chi connectivity index (χ0v) is 13.0. The number of carboxylic acids is 1. The molecule has 1 fully saturated rings. The molecule has 2 amide bonds. The molecule has 5 nitrogen and oxygen atoms in total. The molecule has 22 heavy (non-hydrogen) atoms. The van der Waals surface area contributed by atoms with Crippen molar-refractivity contribution >= 4 is 12.0 Å². The first-order chi connectivity index (χ1) is 10.6. The van der Waals surface area contributed by atoms with Crippen molar-refractivity contribution in [2.75, 3.05) is 19.6 Å². The normalized spacial score (nSPS) is 18.0. The van der Waals surface area contributed by atoms with Crippen LogP contribution in [-0.4, -0.2) is 41.6 Å². The van der Waals surface area contributed by atoms with Crippen molar-refractivity contribution in [3.63, 3.8) is 0 Å². The van der Waals surface area contributed by atoms with Crippen molar-refractivity contribution in [1.29, 1.82) is 0 Å². The van der Waals surface area contributed by atoms with Gasteiger partial charge in [0.25, 0.3) is 0 Å². The summed E-state index contributed by atoms with van der Waals surface area (Å²) in [6.45, 7) is 3.93. The summed E-state index contributed by atoms with van der Waals surface area (Å²) in [7, 11) is 0. The number of rotatable bonds is 5. The number of aliphatic carboxylic acids is 1. The van der Waals surface area contributed by atoms with Crippen LogP contribution in [0.25, 0.3) is 0 Å². The number of carbonyl (C=O) groups excluding carboxylic acids is 1. The number of likely N-dealkylation sites (tertiary alicyclic amines) is 1. The summed E-state index contributed by atoms with van der Waals surface area (Å²) in [5, 5.41) is 11.8. The van der Waals surface area contributed by atoms with Crippen LogP contribution in [0, 0.1) is 12.8 Å². The number of benzene rings is 1. The van der Waals surface area contributed by atoms with Crippen LogP contribution in [0.1, 0.15) is 30.4 Å². The quantitative estimate of drug-likeness (QED) is 0.878. The van der Waals surface area contributed by atoms with Gasteiger partial charge < -0.3 is 15.3 Å². The highest BCUT2D eigenvalue weighted by Crippen LogP contribution is 2.19. The summed E-state index contributed by atoms with van der Waals surface area (Å²) in [5.41, 5.74) is 2.47. The van der Waals surface area contributed by atoms with E-state index in [1.807, 2.05) is 12.1 Å². The second kappa shape index (κ2) is 7.82. The molecule has 1 aromatic rings. The molecular weight excluding hydrogens is 280 g/mol. The van der Waals surface area contributed by atoms with Gasteiger partial charge in [-0.15, -0.1) is 0 Å². The molecule has 1 aromatic carbocycles. The topological polar surface area (TPSA) is 69.6 Å². The van der Waals surface area contributed by atoms with Gasteiger partial charge in [0.2, 0.25) is 0 Å². The average molecular weight is 304 g/mol. The van der Waals surface area contributed by atoms with Crippen molar-refractivity contribution in [1.82, 2.24) is 10.2 Å². The van der Waals surface area contributed by atoms with E-state index in [4.69, 9.17) is 5.11 Å². The maximum atomic E-state index is 12.2. The Morgan fingerprint density at radius 2 is 2.14 bits per heavy atom. The summed E-state index contributed by atoms with van der Waals surface area (Å²) in [6, 6.07) is 8.08. The number of aryl methyl sites for hydroxylation is 1. The third-order valence-corrected chi connectivity index (χ3v) is 4.20. The molecule has 1 atom stereocenters. The van der Waals surface area contributed by atoms with Crippen molar-refractivity contribution in [3.8, 4) is 0 Å². The predicted octanol–water partition coefficient (Wildman–Crippen LogP) is 2.43. The number of hydrogen-bond donors (Lipinski definition) is 2. The van der Waals surface area contributed by atoms with Gasteiger partial charge in [-0.05, 0) is 43.2 Å². The van der Waals surface area contributed by atoms with Crippen LogP contribution in [-0.2, 0) is 11.2 Å². The van der Waals surface area contributed by atoms with Crippen LogP contribution < -0.4 is 5.32 Å². The van der Waals surface area contributed by atoms with E-state index in [1.165, 1.54) is 11.1 Å². The Morgan fingerprint density at radius 1 is 1.36 bits per heavy atom. The fraction of sp³-hybridized carbons (Fsp3) is 0.529. The minimum absolute atomic E-state index is 0.0772. The second-order valence-corrected chi connectivity index (χ2v) is 5.96. The molecule has 1 unspecified atom stereocenters. The molecule has 0 radical (unpaired) electrons. The minimum atomic E-state index is -0.785. The molecular formula is C17H24N2O3. The van der Waals surface area contributed by atoms with E-state index in [2.05, 4.69) is 24.4 Å². The van der Waals surface area contributed by atoms with Crippen LogP contribution in [0.15, 0.2) is 24.3 Å². The number of carbonyl (C=O) groups is 2. The van der Waals surface area contributed by atoms with E-state index < -0.39 is 5.97 Å². The first-order valence-corrected chi connectivity index (χ1v) is 7.85. The first kappa shape index (κ1) is 16.3. The summed E-state index contributed by atoms with van der Waals surface area (Å²) >= 11 is 0. The lowest BCUT2D eigenvalue weighted by molar-refractivity contribution is -0.138. The van der Waals surface area contributed by atoms with Gasteiger partial charge in [0.15, 0.2) is 0 Å². The van der Waals surface area contributed by atoms with E-state index in [0.717, 1.165) is 19.3 Å². The highest BCUT2D eigenvalue weighted by Gasteiger charge is 2.24. The van der Waals surface area contributed by atoms with Gasteiger partial charge in [0.1, 0.15) is 0 Å². The Labute approximate surface area is 131 Å². The molecule has 120 valence electrons. The van der Waals surface area contributed by atoms with E-state index in [1.54, 1.807) is 4.90 Å². The number of piperidine rings is 1. The maximum Gasteiger partial charge on any atom is 0.317 e. The molecule has 0 saturated carbocycles. The standard InChI is InChI=1S/C17H24N2O3/c1-13-5-2-3-7-15(13)8-9-18-17(22)19-10-4-6-14(12-19)11-16(20)21/h2-3,5,7,14H,4,6,8-12H2,1H3,(H,18,22)(H,20,21). The number of carboxylic acid groups (broad SMARTS) is 1. The Hall–Kier alpha value is -2.04. The number of amides is 2. The Balaban J connectivity index is 1.77. The number of hydrogen-bond acceptors (Lipinski definition) is 2. The molecule has 0 bridgehead atoms. The minimum Gasteiger partial charge on any atom is -0.481 e. The zero-order valence-electron chi connectivity index (χ0n) is 13.0. The van der Waals surface area contributed by atoms with Crippen molar-refractivity contribution in [2.45, 2.75) is 32.6 Å². The molecule has 1 saturated heterocycles. The van der Waals surface area contributed by atoms with Crippen LogP contribution in [0.2, 0.25) is 0 Å². The molecule has 1 heterocycles. The highest BCUT2D eigenvalue weighted by molar-refractivity contribution is 5.74. The van der Waals surface area contributed by atoms with Gasteiger partial charge in [-0.25, -0.2) is 4.79 Å². The largest absolute Gasteiger partial charge is 0.481 e. The van der Waals surface area contributed by atoms with E-state index >= 15 is 0 Å². The number of nitrogens with zero attached hydrogens (tertiary/aromatic N) is 1. The zero-order chi connectivity index (χ0) is 15.9. The molecule has 2 rings (SSSR count). The van der Waals surface area contributed by atoms with E-state index in [-0.39, 0.29) is 18.4 Å². The summed E-state index contributed by atoms with van der Waals surface area (Å²) in [6.07, 6.45) is 2.72. The number of urea groups is 1. The Morgan fingerprint density at radius 3 is 2.86 bits per heavy atom. The van der Waals surface area contributed by atoms with Crippen LogP contribution >= 0.6 is 0 Å². The fourth-order valence-electron chi connectivity index (χ4n) is 2.97. The van der Waals surface area contributed by atoms with Gasteiger partial charge in [-0.1, -0.05) is 24.3 Å². The van der Waals surface area contributed by atoms with E-state index in [9.17, 15) is 9.59 Å². The van der Waals surface area contributed by atoms with Gasteiger partial charge in [-0.3, -0.25) is 4.79 Å². The molecule has 5 heteroatoms. The second-order valence-electron chi connectivity index (χ2n) is 5.96. The Kier molecular flexibility index (Phi) is 5.81. The van der Waals surface area contributed by atoms with E-state index in [0.29, 0.717) is 19.6 Å². The van der Waals surface area contributed by atoms with Crippen LogP contribution in [0.4, 0.5) is 4.79 Å². The lowest BCUT2D eigenvalue weighted by Gasteiger charge is -2.32. The molecule has 2 N–H and O–H groups in total. The van der Waals surface area contributed by atoms with Crippen molar-refractivity contribution in [2.24, 2.45) is 5.92 Å². The van der Waals surface area contributed by atoms with Gasteiger partial charge in [0.05, 0.1) is 0 Å². The van der Waals surface area contributed by atoms with Crippen molar-refractivity contribution < 1.29 is 14.7 Å². The van der Waals surface area contributed by atoms with Crippen molar-refractivity contribution in [3.05, 3.63) is 35.4 Å². The lowest BCUT2D eigenvalue weighted by atomic mass is 9.95. The third kappa shape index (κ3) is 4.76. The van der Waals surface area contributed by atoms with Crippen LogP contribution in [0.5, 0.6) is 0 Å². The average Bonchev–Trinajstić information content (AvgIpc) is 2.48. The smallest absolute Gasteiger partial charge is 0.317 e. The lowest BCUT2D eigenvalue weighted by Crippen LogP contribution is -2.46. The SMILES string of the molecule is Cc1ccccc1CCNC(=O)N1CCCC(CC(=O)O)C1. The highest BCUT2D eigenvalue weighted by atomic mass is 16.4. The molecule has 1 aliphatic heterocycles. The molecule has 0 aromatic heterocycles. The molecule has 0 spiro atoms. The predicted molar refractivity (Wildman–Crippen MR) is 84.8 cm³/mol. The summed E-state index contributed by atoms with van der Waals surface area (Å²) in [5.74, 6) is -0.708. The van der Waals surface area contributed by atoms with Crippen LogP contribution in [0.3, 0.4) is 0 Å². The summed E-state index contributed by atoms with van der Waals surface area (Å²) in [4.78, 5) is 24.7. The number of nitrogens with one attached hydrogen (secondary N) is 1. The Bertz CT molecular complexity index is 530. The fourth-order valence-corrected chi connectivity index (χ4v) is 2.97. The molecule has 0 aliphatic carbocycles. The maximum absolute atomic E-state index is 12.2. The monoisotopic (exact) mass is 304 g/mol. The van der Waals surface area contributed by atoms with Gasteiger partial charge in [0, 0.05) is 26.1 Å². The van der Waals surface area contributed by atoms with Gasteiger partial charge in [-0.2, -0.15) is 0 Å². The summed E-state index contributed by atoms with van der Waals surface area (Å²) < 4.78 is 0. The first-order valence-electron chi connectivity index (χ1n) is 7.85. The third-order valence-electron chi connectivity index (χ3n) is 4.20. The molecule has 1 aliphatic rings. The van der Waals surface area contributed by atoms with Gasteiger partial charge >= 0.3 is 12.0 Å².